The van der Waals surface area contributed by atoms with Crippen LogP contribution in [0.25, 0.3) is 0 Å². The molecule has 0 spiro atoms. The maximum absolute atomic E-state index is 13.0. The van der Waals surface area contributed by atoms with E-state index in [0.717, 1.165) is 23.2 Å². The van der Waals surface area contributed by atoms with Crippen molar-refractivity contribution in [3.8, 4) is 0 Å². The predicted octanol–water partition coefficient (Wildman–Crippen LogP) is 3.32. The fourth-order valence-electron chi connectivity index (χ4n) is 3.03. The second-order valence-electron chi connectivity index (χ2n) is 6.27. The van der Waals surface area contributed by atoms with Crippen molar-refractivity contribution < 1.29 is 21.6 Å². The average molecular weight is 419 g/mol. The highest BCUT2D eigenvalue weighted by Crippen LogP contribution is 2.36. The Morgan fingerprint density at radius 2 is 1.81 bits per heavy atom. The van der Waals surface area contributed by atoms with Crippen molar-refractivity contribution in [1.29, 1.82) is 0 Å². The monoisotopic (exact) mass is 419 g/mol. The second-order valence-corrected chi connectivity index (χ2v) is 9.12. The van der Waals surface area contributed by atoms with Crippen LogP contribution in [-0.2, 0) is 22.8 Å². The van der Waals surface area contributed by atoms with Gasteiger partial charge in [-0.2, -0.15) is 13.2 Å². The number of sulfone groups is 1. The smallest absolute Gasteiger partial charge is 0.368 e. The van der Waals surface area contributed by atoms with E-state index in [0.29, 0.717) is 32.7 Å². The number of aromatic nitrogens is 1. The number of alkyl halides is 3. The Kier molecular flexibility index (Phi) is 5.78. The molecule has 0 N–H and O–H groups in total. The van der Waals surface area contributed by atoms with E-state index in [2.05, 4.69) is 9.88 Å². The van der Waals surface area contributed by atoms with Gasteiger partial charge in [-0.25, -0.2) is 13.4 Å². The Morgan fingerprint density at radius 3 is 2.41 bits per heavy atom. The minimum absolute atomic E-state index is 0.108. The van der Waals surface area contributed by atoms with Gasteiger partial charge in [0, 0.05) is 38.1 Å². The largest absolute Gasteiger partial charge is 0.501 e. The molecule has 0 saturated carbocycles. The van der Waals surface area contributed by atoms with Gasteiger partial charge < -0.3 is 4.90 Å². The summed E-state index contributed by atoms with van der Waals surface area (Å²) in [6.07, 6.45) is 0.892. The molecule has 10 heteroatoms. The number of benzene rings is 1. The van der Waals surface area contributed by atoms with Gasteiger partial charge in [0.2, 0.25) is 0 Å². The van der Waals surface area contributed by atoms with Gasteiger partial charge in [-0.3, -0.25) is 4.90 Å². The SMILES string of the molecule is CCc1nc(CN2CCN(c3ccccc3S(=O)(=O)C(F)(F)F)CC2)cs1. The fraction of sp³-hybridized carbons (Fsp3) is 0.471. The molecule has 3 rings (SSSR count). The van der Waals surface area contributed by atoms with Crippen LogP contribution in [0, 0.1) is 0 Å². The molecular formula is C17H20F3N3O2S2. The lowest BCUT2D eigenvalue weighted by atomic mass is 10.2. The third-order valence-corrected chi connectivity index (χ3v) is 7.04. The molecule has 1 aromatic carbocycles. The standard InChI is InChI=1S/C17H20F3N3O2S2/c1-2-16-21-13(12-26-16)11-22-7-9-23(10-8-22)14-5-3-4-6-15(14)27(24,25)17(18,19)20/h3-6,12H,2,7-11H2,1H3. The highest BCUT2D eigenvalue weighted by molar-refractivity contribution is 7.92. The number of hydrogen-bond acceptors (Lipinski definition) is 6. The van der Waals surface area contributed by atoms with Crippen molar-refractivity contribution in [2.75, 3.05) is 31.1 Å². The Labute approximate surface area is 160 Å². The van der Waals surface area contributed by atoms with Crippen molar-refractivity contribution >= 4 is 26.9 Å². The van der Waals surface area contributed by atoms with E-state index in [-0.39, 0.29) is 5.69 Å². The van der Waals surface area contributed by atoms with Crippen LogP contribution in [0.3, 0.4) is 0 Å². The highest BCUT2D eigenvalue weighted by Gasteiger charge is 2.48. The first-order chi connectivity index (χ1) is 12.7. The normalized spacial score (nSPS) is 16.7. The van der Waals surface area contributed by atoms with Crippen LogP contribution >= 0.6 is 11.3 Å². The number of rotatable bonds is 5. The number of thiazole rings is 1. The molecule has 0 unspecified atom stereocenters. The zero-order valence-electron chi connectivity index (χ0n) is 14.7. The molecule has 5 nitrogen and oxygen atoms in total. The quantitative estimate of drug-likeness (QED) is 0.744. The average Bonchev–Trinajstić information content (AvgIpc) is 3.09. The van der Waals surface area contributed by atoms with Crippen LogP contribution in [0.2, 0.25) is 0 Å². The lowest BCUT2D eigenvalue weighted by molar-refractivity contribution is -0.0435. The molecule has 1 aliphatic heterocycles. The van der Waals surface area contributed by atoms with Crippen molar-refractivity contribution in [1.82, 2.24) is 9.88 Å². The summed E-state index contributed by atoms with van der Waals surface area (Å²) in [6, 6.07) is 5.32. The molecule has 1 aromatic heterocycles. The van der Waals surface area contributed by atoms with Crippen molar-refractivity contribution in [2.45, 2.75) is 30.3 Å². The summed E-state index contributed by atoms with van der Waals surface area (Å²) in [5, 5.41) is 3.10. The number of nitrogens with zero attached hydrogens (tertiary/aromatic N) is 3. The molecule has 2 aromatic rings. The van der Waals surface area contributed by atoms with Gasteiger partial charge in [-0.05, 0) is 18.6 Å². The van der Waals surface area contributed by atoms with Gasteiger partial charge in [0.05, 0.1) is 21.3 Å². The predicted molar refractivity (Wildman–Crippen MR) is 98.7 cm³/mol. The third kappa shape index (κ3) is 4.27. The van der Waals surface area contributed by atoms with Crippen LogP contribution in [-0.4, -0.2) is 50.0 Å². The van der Waals surface area contributed by atoms with E-state index < -0.39 is 20.2 Å². The molecule has 0 amide bonds. The molecule has 1 saturated heterocycles. The second kappa shape index (κ2) is 7.76. The Morgan fingerprint density at radius 1 is 1.15 bits per heavy atom. The lowest BCUT2D eigenvalue weighted by Crippen LogP contribution is -2.46. The summed E-state index contributed by atoms with van der Waals surface area (Å²) in [5.74, 6) is 0. The number of para-hydroxylation sites is 1. The van der Waals surface area contributed by atoms with E-state index >= 15 is 0 Å². The number of anilines is 1. The van der Waals surface area contributed by atoms with Gasteiger partial charge in [0.25, 0.3) is 9.84 Å². The van der Waals surface area contributed by atoms with Gasteiger partial charge in [-0.1, -0.05) is 19.1 Å². The summed E-state index contributed by atoms with van der Waals surface area (Å²) in [7, 11) is -5.38. The molecule has 0 radical (unpaired) electrons. The minimum atomic E-state index is -5.38. The zero-order chi connectivity index (χ0) is 19.7. The van der Waals surface area contributed by atoms with Crippen LogP contribution in [0.15, 0.2) is 34.5 Å². The van der Waals surface area contributed by atoms with Crippen molar-refractivity contribution in [3.05, 3.63) is 40.3 Å². The zero-order valence-corrected chi connectivity index (χ0v) is 16.4. The summed E-state index contributed by atoms with van der Waals surface area (Å²) in [6.45, 7) is 4.89. The number of piperazine rings is 1. The first-order valence-corrected chi connectivity index (χ1v) is 10.9. The molecular weight excluding hydrogens is 399 g/mol. The van der Waals surface area contributed by atoms with E-state index in [4.69, 9.17) is 0 Å². The van der Waals surface area contributed by atoms with Crippen LogP contribution < -0.4 is 4.90 Å². The molecule has 1 aliphatic rings. The van der Waals surface area contributed by atoms with E-state index in [1.807, 2.05) is 12.3 Å². The van der Waals surface area contributed by atoms with E-state index in [1.54, 1.807) is 22.3 Å². The number of aryl methyl sites for hydroxylation is 1. The first-order valence-electron chi connectivity index (χ1n) is 8.53. The van der Waals surface area contributed by atoms with Gasteiger partial charge in [0.15, 0.2) is 0 Å². The van der Waals surface area contributed by atoms with E-state index in [1.165, 1.54) is 12.1 Å². The summed E-state index contributed by atoms with van der Waals surface area (Å²) in [5.41, 5.74) is -4.21. The Balaban J connectivity index is 1.72. The first kappa shape index (κ1) is 20.1. The number of hydrogen-bond donors (Lipinski definition) is 0. The topological polar surface area (TPSA) is 53.5 Å². The maximum Gasteiger partial charge on any atom is 0.501 e. The molecule has 1 fully saturated rings. The fourth-order valence-corrected chi connectivity index (χ4v) is 4.75. The van der Waals surface area contributed by atoms with Crippen LogP contribution in [0.5, 0.6) is 0 Å². The molecule has 27 heavy (non-hydrogen) atoms. The Hall–Kier alpha value is -1.65. The Bertz CT molecular complexity index is 889. The minimum Gasteiger partial charge on any atom is -0.368 e. The molecule has 148 valence electrons. The highest BCUT2D eigenvalue weighted by atomic mass is 32.2. The molecule has 0 atom stereocenters. The van der Waals surface area contributed by atoms with Crippen LogP contribution in [0.1, 0.15) is 17.6 Å². The lowest BCUT2D eigenvalue weighted by Gasteiger charge is -2.36. The molecule has 0 bridgehead atoms. The van der Waals surface area contributed by atoms with Crippen molar-refractivity contribution in [2.24, 2.45) is 0 Å². The summed E-state index contributed by atoms with van der Waals surface area (Å²) >= 11 is 1.62. The van der Waals surface area contributed by atoms with Gasteiger partial charge in [-0.15, -0.1) is 11.3 Å². The summed E-state index contributed by atoms with van der Waals surface area (Å²) in [4.78, 5) is 7.72. The van der Waals surface area contributed by atoms with Crippen molar-refractivity contribution in [3.63, 3.8) is 0 Å². The summed E-state index contributed by atoms with van der Waals surface area (Å²) < 4.78 is 62.7. The van der Waals surface area contributed by atoms with Crippen LogP contribution in [0.4, 0.5) is 18.9 Å². The maximum atomic E-state index is 13.0. The number of halogens is 3. The third-order valence-electron chi connectivity index (χ3n) is 4.46. The van der Waals surface area contributed by atoms with Gasteiger partial charge >= 0.3 is 5.51 Å². The molecule has 2 heterocycles. The van der Waals surface area contributed by atoms with E-state index in [9.17, 15) is 21.6 Å². The van der Waals surface area contributed by atoms with Gasteiger partial charge in [0.1, 0.15) is 0 Å². The molecule has 0 aliphatic carbocycles.